The molecule has 0 bridgehead atoms. The van der Waals surface area contributed by atoms with Crippen molar-refractivity contribution in [3.05, 3.63) is 53.3 Å². The second kappa shape index (κ2) is 8.32. The molecule has 0 radical (unpaired) electrons. The molecular weight excluding hydrogens is 449 g/mol. The van der Waals surface area contributed by atoms with Gasteiger partial charge in [0.2, 0.25) is 5.91 Å². The van der Waals surface area contributed by atoms with E-state index in [0.29, 0.717) is 6.07 Å². The highest BCUT2D eigenvalue weighted by atomic mass is 19.4. The van der Waals surface area contributed by atoms with Gasteiger partial charge in [0.15, 0.2) is 5.75 Å². The summed E-state index contributed by atoms with van der Waals surface area (Å²) in [5.41, 5.74) is -4.26. The standard InChI is InChI=1S/C20H15F7N2O3/c1-28(13-6-4-12(21)5-7-13)18(31)32-17-14(20(25,26)27)9-11(19(22,23)24)10-15(17)29-8-2-3-16(29)30/h4-7,9-10H,2-3,8H2,1H3. The van der Waals surface area contributed by atoms with Crippen LogP contribution >= 0.6 is 0 Å². The van der Waals surface area contributed by atoms with Gasteiger partial charge in [0.05, 0.1) is 11.3 Å². The van der Waals surface area contributed by atoms with Crippen molar-refractivity contribution in [3.8, 4) is 5.75 Å². The number of amides is 2. The molecule has 1 aliphatic heterocycles. The Kier molecular flexibility index (Phi) is 6.07. The van der Waals surface area contributed by atoms with Crippen LogP contribution in [0.4, 0.5) is 46.9 Å². The van der Waals surface area contributed by atoms with E-state index in [2.05, 4.69) is 0 Å². The molecule has 172 valence electrons. The second-order valence-corrected chi connectivity index (χ2v) is 6.92. The van der Waals surface area contributed by atoms with E-state index < -0.39 is 52.7 Å². The molecule has 0 unspecified atom stereocenters. The van der Waals surface area contributed by atoms with Gasteiger partial charge in [-0.25, -0.2) is 9.18 Å². The molecule has 2 aromatic carbocycles. The van der Waals surface area contributed by atoms with Crippen LogP contribution in [0.2, 0.25) is 0 Å². The normalized spacial score (nSPS) is 14.6. The molecule has 12 heteroatoms. The quantitative estimate of drug-likeness (QED) is 0.554. The van der Waals surface area contributed by atoms with E-state index in [0.717, 1.165) is 41.1 Å². The van der Waals surface area contributed by atoms with Crippen molar-refractivity contribution < 1.29 is 45.1 Å². The zero-order valence-corrected chi connectivity index (χ0v) is 16.4. The molecule has 1 saturated heterocycles. The van der Waals surface area contributed by atoms with Crippen molar-refractivity contribution in [3.63, 3.8) is 0 Å². The molecule has 0 N–H and O–H groups in total. The minimum Gasteiger partial charge on any atom is -0.407 e. The number of anilines is 2. The van der Waals surface area contributed by atoms with Crippen molar-refractivity contribution in [1.82, 2.24) is 0 Å². The summed E-state index contributed by atoms with van der Waals surface area (Å²) in [4.78, 5) is 26.1. The van der Waals surface area contributed by atoms with E-state index in [1.165, 1.54) is 0 Å². The molecule has 0 aromatic heterocycles. The molecule has 2 amide bonds. The Hall–Kier alpha value is -3.31. The van der Waals surface area contributed by atoms with E-state index in [4.69, 9.17) is 4.74 Å². The van der Waals surface area contributed by atoms with Crippen LogP contribution < -0.4 is 14.5 Å². The van der Waals surface area contributed by atoms with Gasteiger partial charge in [-0.1, -0.05) is 0 Å². The van der Waals surface area contributed by atoms with Crippen molar-refractivity contribution in [2.75, 3.05) is 23.4 Å². The lowest BCUT2D eigenvalue weighted by atomic mass is 10.1. The maximum absolute atomic E-state index is 13.7. The summed E-state index contributed by atoms with van der Waals surface area (Å²) >= 11 is 0. The second-order valence-electron chi connectivity index (χ2n) is 6.92. The average Bonchev–Trinajstić information content (AvgIpc) is 3.12. The van der Waals surface area contributed by atoms with Gasteiger partial charge >= 0.3 is 18.4 Å². The van der Waals surface area contributed by atoms with Crippen LogP contribution in [-0.2, 0) is 17.1 Å². The van der Waals surface area contributed by atoms with Gasteiger partial charge in [-0.3, -0.25) is 9.69 Å². The summed E-state index contributed by atoms with van der Waals surface area (Å²) in [6.45, 7) is -0.143. The molecular formula is C20H15F7N2O3. The van der Waals surface area contributed by atoms with Gasteiger partial charge in [0.25, 0.3) is 0 Å². The number of rotatable bonds is 3. The summed E-state index contributed by atoms with van der Waals surface area (Å²) in [5, 5.41) is 0. The number of carbonyl (C=O) groups is 2. The van der Waals surface area contributed by atoms with Gasteiger partial charge in [0, 0.05) is 25.7 Å². The first-order valence-corrected chi connectivity index (χ1v) is 9.13. The fourth-order valence-electron chi connectivity index (χ4n) is 3.12. The lowest BCUT2D eigenvalue weighted by Gasteiger charge is -2.25. The third kappa shape index (κ3) is 4.78. The zero-order valence-electron chi connectivity index (χ0n) is 16.4. The molecule has 0 saturated carbocycles. The molecule has 0 spiro atoms. The van der Waals surface area contributed by atoms with E-state index in [1.807, 2.05) is 0 Å². The van der Waals surface area contributed by atoms with Crippen LogP contribution in [0.5, 0.6) is 5.75 Å². The molecule has 1 aliphatic rings. The summed E-state index contributed by atoms with van der Waals surface area (Å²) in [5.74, 6) is -2.56. The number of hydrogen-bond acceptors (Lipinski definition) is 3. The molecule has 3 rings (SSSR count). The van der Waals surface area contributed by atoms with Crippen LogP contribution in [-0.4, -0.2) is 25.6 Å². The minimum atomic E-state index is -5.33. The molecule has 2 aromatic rings. The van der Waals surface area contributed by atoms with Gasteiger partial charge in [-0.2, -0.15) is 26.3 Å². The van der Waals surface area contributed by atoms with Crippen LogP contribution in [0.1, 0.15) is 24.0 Å². The lowest BCUT2D eigenvalue weighted by molar-refractivity contribution is -0.143. The summed E-state index contributed by atoms with van der Waals surface area (Å²) in [6, 6.07) is 4.46. The number of hydrogen-bond donors (Lipinski definition) is 0. The minimum absolute atomic E-state index is 0.0515. The first kappa shape index (κ1) is 23.4. The fraction of sp³-hybridized carbons (Fsp3) is 0.300. The number of halogens is 7. The molecule has 5 nitrogen and oxygen atoms in total. The highest BCUT2D eigenvalue weighted by molar-refractivity contribution is 5.98. The smallest absolute Gasteiger partial charge is 0.407 e. The van der Waals surface area contributed by atoms with Crippen molar-refractivity contribution in [2.45, 2.75) is 25.2 Å². The van der Waals surface area contributed by atoms with Crippen molar-refractivity contribution in [1.29, 1.82) is 0 Å². The maximum Gasteiger partial charge on any atom is 0.420 e. The number of benzene rings is 2. The lowest BCUT2D eigenvalue weighted by Crippen LogP contribution is -2.32. The Balaban J connectivity index is 2.12. The Morgan fingerprint density at radius 2 is 1.66 bits per heavy atom. The zero-order chi connectivity index (χ0) is 23.8. The van der Waals surface area contributed by atoms with Crippen molar-refractivity contribution >= 4 is 23.4 Å². The van der Waals surface area contributed by atoms with Crippen LogP contribution in [0.25, 0.3) is 0 Å². The van der Waals surface area contributed by atoms with Gasteiger partial charge in [-0.05, 0) is 42.8 Å². The first-order chi connectivity index (χ1) is 14.8. The Bertz CT molecular complexity index is 1030. The van der Waals surface area contributed by atoms with Crippen LogP contribution in [0.15, 0.2) is 36.4 Å². The number of alkyl halides is 6. The topological polar surface area (TPSA) is 49.9 Å². The average molecular weight is 464 g/mol. The Morgan fingerprint density at radius 3 is 2.16 bits per heavy atom. The van der Waals surface area contributed by atoms with Crippen LogP contribution in [0.3, 0.4) is 0 Å². The molecule has 0 atom stereocenters. The summed E-state index contributed by atoms with van der Waals surface area (Å²) < 4.78 is 98.9. The number of nitrogens with zero attached hydrogens (tertiary/aromatic N) is 2. The van der Waals surface area contributed by atoms with Gasteiger partial charge in [0.1, 0.15) is 11.4 Å². The summed E-state index contributed by atoms with van der Waals surface area (Å²) in [7, 11) is 1.12. The van der Waals surface area contributed by atoms with Crippen LogP contribution in [0, 0.1) is 5.82 Å². The summed E-state index contributed by atoms with van der Waals surface area (Å²) in [6.07, 6.45) is -11.7. The highest BCUT2D eigenvalue weighted by Crippen LogP contribution is 2.47. The third-order valence-corrected chi connectivity index (χ3v) is 4.74. The Labute approximate surface area is 177 Å². The van der Waals surface area contributed by atoms with E-state index in [-0.39, 0.29) is 31.1 Å². The maximum atomic E-state index is 13.7. The Morgan fingerprint density at radius 1 is 1.03 bits per heavy atom. The van der Waals surface area contributed by atoms with Crippen molar-refractivity contribution in [2.24, 2.45) is 0 Å². The predicted octanol–water partition coefficient (Wildman–Crippen LogP) is 5.63. The predicted molar refractivity (Wildman–Crippen MR) is 98.9 cm³/mol. The van der Waals surface area contributed by atoms with E-state index >= 15 is 0 Å². The number of ether oxygens (including phenoxy) is 1. The molecule has 1 fully saturated rings. The monoisotopic (exact) mass is 464 g/mol. The number of carbonyl (C=O) groups excluding carboxylic acids is 2. The van der Waals surface area contributed by atoms with Gasteiger partial charge < -0.3 is 9.64 Å². The SMILES string of the molecule is CN(C(=O)Oc1c(N2CCCC2=O)cc(C(F)(F)F)cc1C(F)(F)F)c1ccc(F)cc1. The first-order valence-electron chi connectivity index (χ1n) is 9.13. The third-order valence-electron chi connectivity index (χ3n) is 4.74. The molecule has 1 heterocycles. The van der Waals surface area contributed by atoms with Gasteiger partial charge in [-0.15, -0.1) is 0 Å². The largest absolute Gasteiger partial charge is 0.420 e. The fourth-order valence-corrected chi connectivity index (χ4v) is 3.12. The van der Waals surface area contributed by atoms with E-state index in [1.54, 1.807) is 0 Å². The molecule has 0 aliphatic carbocycles. The molecule has 32 heavy (non-hydrogen) atoms. The highest BCUT2D eigenvalue weighted by Gasteiger charge is 2.43. The van der Waals surface area contributed by atoms with E-state index in [9.17, 15) is 40.3 Å².